The normalized spacial score (nSPS) is 13.8. The molecular formula is C63H41N3O. The monoisotopic (exact) mass is 855 g/mol. The van der Waals surface area contributed by atoms with Gasteiger partial charge in [0.1, 0.15) is 17.3 Å². The molecule has 4 nitrogen and oxygen atoms in total. The van der Waals surface area contributed by atoms with Gasteiger partial charge in [-0.2, -0.15) is 0 Å². The van der Waals surface area contributed by atoms with Gasteiger partial charge in [-0.05, 0) is 80.1 Å². The van der Waals surface area contributed by atoms with Crippen LogP contribution in [0.15, 0.2) is 246 Å². The van der Waals surface area contributed by atoms with Crippen LogP contribution in [0.2, 0.25) is 0 Å². The molecule has 1 unspecified atom stereocenters. The van der Waals surface area contributed by atoms with Gasteiger partial charge < -0.3 is 9.73 Å². The van der Waals surface area contributed by atoms with Crippen molar-refractivity contribution in [2.45, 2.75) is 6.17 Å². The first-order valence-electron chi connectivity index (χ1n) is 22.8. The van der Waals surface area contributed by atoms with Crippen molar-refractivity contribution in [3.63, 3.8) is 0 Å². The lowest BCUT2D eigenvalue weighted by Gasteiger charge is -2.26. The number of rotatable bonds is 7. The molecule has 4 heteroatoms. The van der Waals surface area contributed by atoms with Crippen LogP contribution >= 0.6 is 0 Å². The first-order chi connectivity index (χ1) is 33.2. The second-order valence-corrected chi connectivity index (χ2v) is 17.2. The molecule has 3 heterocycles. The van der Waals surface area contributed by atoms with Crippen molar-refractivity contribution in [1.29, 1.82) is 0 Å². The largest absolute Gasteiger partial charge is 0.456 e. The van der Waals surface area contributed by atoms with Crippen LogP contribution in [0, 0.1) is 0 Å². The summed E-state index contributed by atoms with van der Waals surface area (Å²) in [6.45, 7) is 0. The van der Waals surface area contributed by atoms with Gasteiger partial charge in [-0.15, -0.1) is 0 Å². The summed E-state index contributed by atoms with van der Waals surface area (Å²) in [5.41, 5.74) is 16.9. The average molecular weight is 856 g/mol. The molecule has 0 fully saturated rings. The Kier molecular flexibility index (Phi) is 9.21. The van der Waals surface area contributed by atoms with Crippen LogP contribution in [0.5, 0.6) is 0 Å². The molecule has 1 aliphatic heterocycles. The highest BCUT2D eigenvalue weighted by atomic mass is 16.3. The first-order valence-corrected chi connectivity index (χ1v) is 22.8. The molecule has 0 saturated heterocycles. The molecule has 0 aliphatic carbocycles. The minimum atomic E-state index is -0.283. The quantitative estimate of drug-likeness (QED) is 0.163. The Morgan fingerprint density at radius 2 is 0.985 bits per heavy atom. The van der Waals surface area contributed by atoms with Gasteiger partial charge in [0.15, 0.2) is 0 Å². The van der Waals surface area contributed by atoms with Crippen LogP contribution in [0.4, 0.5) is 0 Å². The van der Waals surface area contributed by atoms with Crippen molar-refractivity contribution in [1.82, 2.24) is 10.3 Å². The number of hydrogen-bond acceptors (Lipinski definition) is 4. The van der Waals surface area contributed by atoms with E-state index in [4.69, 9.17) is 14.4 Å². The van der Waals surface area contributed by atoms with Crippen molar-refractivity contribution in [3.8, 4) is 44.6 Å². The third kappa shape index (κ3) is 6.69. The highest BCUT2D eigenvalue weighted by Gasteiger charge is 2.24. The van der Waals surface area contributed by atoms with Gasteiger partial charge in [0.25, 0.3) is 0 Å². The summed E-state index contributed by atoms with van der Waals surface area (Å²) in [5.74, 6) is 0. The predicted molar refractivity (Wildman–Crippen MR) is 279 cm³/mol. The molecule has 2 aromatic heterocycles. The average Bonchev–Trinajstić information content (AvgIpc) is 3.78. The molecule has 10 aromatic carbocycles. The van der Waals surface area contributed by atoms with Crippen molar-refractivity contribution in [3.05, 3.63) is 253 Å². The lowest BCUT2D eigenvalue weighted by Crippen LogP contribution is -2.25. The zero-order valence-electron chi connectivity index (χ0n) is 36.4. The maximum absolute atomic E-state index is 6.67. The van der Waals surface area contributed by atoms with E-state index >= 15 is 0 Å². The van der Waals surface area contributed by atoms with Gasteiger partial charge in [0.2, 0.25) is 0 Å². The Morgan fingerprint density at radius 1 is 0.388 bits per heavy atom. The Hall–Kier alpha value is -8.86. The first kappa shape index (κ1) is 38.6. The number of aromatic nitrogens is 1. The second kappa shape index (κ2) is 16.0. The van der Waals surface area contributed by atoms with Crippen molar-refractivity contribution < 1.29 is 4.42 Å². The molecule has 0 radical (unpaired) electrons. The summed E-state index contributed by atoms with van der Waals surface area (Å²) in [5, 5.41) is 11.8. The van der Waals surface area contributed by atoms with Gasteiger partial charge in [0.05, 0.1) is 16.9 Å². The topological polar surface area (TPSA) is 50.4 Å². The number of nitrogens with zero attached hydrogens (tertiary/aromatic N) is 2. The van der Waals surface area contributed by atoms with Crippen LogP contribution in [0.25, 0.3) is 105 Å². The number of allylic oxidation sites excluding steroid dienone is 1. The van der Waals surface area contributed by atoms with Crippen LogP contribution in [0.1, 0.15) is 22.9 Å². The molecule has 1 N–H and O–H groups in total. The van der Waals surface area contributed by atoms with Crippen molar-refractivity contribution in [2.75, 3.05) is 0 Å². The molecule has 0 saturated carbocycles. The Morgan fingerprint density at radius 3 is 1.75 bits per heavy atom. The molecular weight excluding hydrogens is 815 g/mol. The van der Waals surface area contributed by atoms with E-state index in [2.05, 4.69) is 236 Å². The van der Waals surface area contributed by atoms with Crippen molar-refractivity contribution >= 4 is 65.8 Å². The zero-order valence-corrected chi connectivity index (χ0v) is 36.4. The Balaban J connectivity index is 0.947. The number of furan rings is 1. The number of fused-ring (bicyclic) bond motifs is 7. The van der Waals surface area contributed by atoms with Gasteiger partial charge in [0, 0.05) is 49.3 Å². The number of aliphatic imine (C=N–C) groups is 1. The molecule has 67 heavy (non-hydrogen) atoms. The molecule has 1 aliphatic rings. The van der Waals surface area contributed by atoms with E-state index in [1.165, 1.54) is 32.8 Å². The molecule has 314 valence electrons. The zero-order chi connectivity index (χ0) is 44.3. The fourth-order valence-corrected chi connectivity index (χ4v) is 10.2. The second-order valence-electron chi connectivity index (χ2n) is 17.2. The summed E-state index contributed by atoms with van der Waals surface area (Å²) in [7, 11) is 0. The summed E-state index contributed by atoms with van der Waals surface area (Å²) in [6.07, 6.45) is 1.92. The minimum absolute atomic E-state index is 0.283. The van der Waals surface area contributed by atoms with Gasteiger partial charge in [-0.1, -0.05) is 206 Å². The molecule has 12 aromatic rings. The van der Waals surface area contributed by atoms with E-state index in [1.807, 2.05) is 6.07 Å². The SMILES string of the molecule is C1=C(c2ccc(-c3ccc(-c4c5c(cc6c(-c7ccccc7)nc7ccccc7c46)oc4ccccc45)cc3)c3ccccc23)NC(c2cccc(-c3ccccc3)c2)N=C1c1ccccc1. The molecule has 0 spiro atoms. The van der Waals surface area contributed by atoms with Crippen molar-refractivity contribution in [2.24, 2.45) is 4.99 Å². The highest BCUT2D eigenvalue weighted by Crippen LogP contribution is 2.47. The molecule has 1 atom stereocenters. The number of hydrogen-bond donors (Lipinski definition) is 1. The number of benzene rings is 10. The number of para-hydroxylation sites is 2. The van der Waals surface area contributed by atoms with E-state index in [0.29, 0.717) is 0 Å². The molecule has 13 rings (SSSR count). The Bertz CT molecular complexity index is 3930. The number of nitrogens with one attached hydrogen (secondary N) is 1. The maximum atomic E-state index is 6.67. The van der Waals surface area contributed by atoms with E-state index in [0.717, 1.165) is 94.3 Å². The third-order valence-electron chi connectivity index (χ3n) is 13.3. The third-order valence-corrected chi connectivity index (χ3v) is 13.3. The summed E-state index contributed by atoms with van der Waals surface area (Å²) < 4.78 is 6.67. The van der Waals surface area contributed by atoms with E-state index in [-0.39, 0.29) is 6.17 Å². The van der Waals surface area contributed by atoms with Gasteiger partial charge in [-0.3, -0.25) is 4.99 Å². The summed E-state index contributed by atoms with van der Waals surface area (Å²) in [4.78, 5) is 10.6. The minimum Gasteiger partial charge on any atom is -0.456 e. The summed E-state index contributed by atoms with van der Waals surface area (Å²) in [6, 6.07) is 81.8. The van der Waals surface area contributed by atoms with E-state index in [9.17, 15) is 0 Å². The number of pyridine rings is 1. The van der Waals surface area contributed by atoms with Gasteiger partial charge >= 0.3 is 0 Å². The van der Waals surface area contributed by atoms with Crippen LogP contribution in [-0.2, 0) is 0 Å². The lowest BCUT2D eigenvalue weighted by molar-refractivity contribution is 0.665. The molecule has 0 bridgehead atoms. The molecule has 0 amide bonds. The lowest BCUT2D eigenvalue weighted by atomic mass is 9.88. The standard InChI is InChI=1S/C63H41N3O/c1-4-17-40(18-5-1)45-23-16-24-46(37-45)63-65-55(42-19-6-2-7-20-42)39-56(66-63)50-36-35-47(48-25-10-11-26-49(48)50)41-31-33-43(34-32-41)59-60-51-27-12-14-29-54(51)64-62(44-21-8-3-9-22-44)53(60)38-58-61(59)52-28-13-15-30-57(52)67-58/h1-39,63,66H. The fraction of sp³-hybridized carbons (Fsp3) is 0.0159. The smallest absolute Gasteiger partial charge is 0.145 e. The maximum Gasteiger partial charge on any atom is 0.145 e. The van der Waals surface area contributed by atoms with Gasteiger partial charge in [-0.25, -0.2) is 4.98 Å². The Labute approximate surface area is 387 Å². The van der Waals surface area contributed by atoms with E-state index < -0.39 is 0 Å². The van der Waals surface area contributed by atoms with Crippen LogP contribution in [-0.4, -0.2) is 10.7 Å². The predicted octanol–water partition coefficient (Wildman–Crippen LogP) is 16.2. The highest BCUT2D eigenvalue weighted by molar-refractivity contribution is 6.28. The van der Waals surface area contributed by atoms with Crippen LogP contribution in [0.3, 0.4) is 0 Å². The van der Waals surface area contributed by atoms with E-state index in [1.54, 1.807) is 0 Å². The fourth-order valence-electron chi connectivity index (χ4n) is 10.2. The summed E-state index contributed by atoms with van der Waals surface area (Å²) >= 11 is 0. The van der Waals surface area contributed by atoms with Crippen LogP contribution < -0.4 is 5.32 Å².